The van der Waals surface area contributed by atoms with Gasteiger partial charge in [-0.2, -0.15) is 5.26 Å². The van der Waals surface area contributed by atoms with Crippen molar-refractivity contribution in [2.45, 2.75) is 33.7 Å². The van der Waals surface area contributed by atoms with Crippen molar-refractivity contribution in [3.8, 4) is 6.07 Å². The zero-order valence-corrected chi connectivity index (χ0v) is 8.54. The second-order valence-electron chi connectivity index (χ2n) is 4.56. The van der Waals surface area contributed by atoms with Gasteiger partial charge in [-0.15, -0.1) is 0 Å². The predicted octanol–water partition coefficient (Wildman–Crippen LogP) is 2.80. The Labute approximate surface area is 79.8 Å². The molecule has 0 aliphatic rings. The van der Waals surface area contributed by atoms with Crippen molar-refractivity contribution in [3.05, 3.63) is 24.0 Å². The molecule has 2 heteroatoms. The van der Waals surface area contributed by atoms with Gasteiger partial charge in [0.25, 0.3) is 0 Å². The molecule has 0 fully saturated rings. The molecule has 1 heterocycles. The molecule has 1 aromatic rings. The van der Waals surface area contributed by atoms with E-state index in [1.54, 1.807) is 0 Å². The van der Waals surface area contributed by atoms with Crippen LogP contribution in [0.3, 0.4) is 0 Å². The maximum Gasteiger partial charge on any atom is 0.101 e. The van der Waals surface area contributed by atoms with Gasteiger partial charge in [0.15, 0.2) is 0 Å². The van der Waals surface area contributed by atoms with E-state index in [0.717, 1.165) is 18.5 Å². The molecule has 70 valence electrons. The van der Waals surface area contributed by atoms with Gasteiger partial charge in [-0.3, -0.25) is 0 Å². The van der Waals surface area contributed by atoms with Gasteiger partial charge in [0.05, 0.1) is 5.56 Å². The molecule has 0 aliphatic carbocycles. The maximum absolute atomic E-state index is 8.62. The fraction of sp³-hybridized carbons (Fsp3) is 0.545. The molecule has 0 aromatic carbocycles. The molecule has 0 radical (unpaired) electrons. The third-order valence-corrected chi connectivity index (χ3v) is 2.00. The number of hydrogen-bond donors (Lipinski definition) is 0. The Morgan fingerprint density at radius 3 is 2.62 bits per heavy atom. The lowest BCUT2D eigenvalue weighted by atomic mass is 9.92. The SMILES string of the molecule is CC(C)(C)CCn1ccc(C#N)c1. The molecular weight excluding hydrogens is 160 g/mol. The zero-order chi connectivity index (χ0) is 9.90. The standard InChI is InChI=1S/C11H16N2/c1-11(2,3)5-7-13-6-4-10(8-12)9-13/h4,6,9H,5,7H2,1-3H3. The molecule has 0 bridgehead atoms. The lowest BCUT2D eigenvalue weighted by Gasteiger charge is -2.17. The summed E-state index contributed by atoms with van der Waals surface area (Å²) in [6, 6.07) is 3.97. The summed E-state index contributed by atoms with van der Waals surface area (Å²) in [6.45, 7) is 7.66. The Morgan fingerprint density at radius 1 is 1.46 bits per heavy atom. The second-order valence-corrected chi connectivity index (χ2v) is 4.56. The average Bonchev–Trinajstić information content (AvgIpc) is 2.47. The highest BCUT2D eigenvalue weighted by atomic mass is 14.9. The van der Waals surface area contributed by atoms with E-state index in [2.05, 4.69) is 31.4 Å². The first-order chi connectivity index (χ1) is 6.01. The molecule has 0 atom stereocenters. The molecule has 1 aromatic heterocycles. The fourth-order valence-electron chi connectivity index (χ4n) is 1.11. The normalized spacial score (nSPS) is 11.2. The van der Waals surface area contributed by atoms with Crippen molar-refractivity contribution in [1.82, 2.24) is 4.57 Å². The van der Waals surface area contributed by atoms with Crippen LogP contribution in [0.1, 0.15) is 32.8 Å². The number of nitriles is 1. The van der Waals surface area contributed by atoms with Crippen LogP contribution in [-0.2, 0) is 6.54 Å². The van der Waals surface area contributed by atoms with E-state index < -0.39 is 0 Å². The minimum Gasteiger partial charge on any atom is -0.353 e. The maximum atomic E-state index is 8.62. The molecule has 1 rings (SSSR count). The number of aryl methyl sites for hydroxylation is 1. The summed E-state index contributed by atoms with van der Waals surface area (Å²) in [4.78, 5) is 0. The van der Waals surface area contributed by atoms with Crippen molar-refractivity contribution in [2.75, 3.05) is 0 Å². The molecular formula is C11H16N2. The molecule has 0 saturated carbocycles. The largest absolute Gasteiger partial charge is 0.353 e. The number of aromatic nitrogens is 1. The Morgan fingerprint density at radius 2 is 2.15 bits per heavy atom. The summed E-state index contributed by atoms with van der Waals surface area (Å²) in [5, 5.41) is 8.62. The van der Waals surface area contributed by atoms with E-state index in [1.807, 2.05) is 18.5 Å². The number of nitrogens with zero attached hydrogens (tertiary/aromatic N) is 2. The highest BCUT2D eigenvalue weighted by Gasteiger charge is 2.09. The van der Waals surface area contributed by atoms with Crippen molar-refractivity contribution >= 4 is 0 Å². The Hall–Kier alpha value is -1.23. The van der Waals surface area contributed by atoms with Crippen molar-refractivity contribution in [1.29, 1.82) is 5.26 Å². The Balaban J connectivity index is 2.52. The Bertz CT molecular complexity index is 310. The van der Waals surface area contributed by atoms with Crippen molar-refractivity contribution in [2.24, 2.45) is 5.41 Å². The third-order valence-electron chi connectivity index (χ3n) is 2.00. The summed E-state index contributed by atoms with van der Waals surface area (Å²) in [6.07, 6.45) is 4.99. The van der Waals surface area contributed by atoms with Gasteiger partial charge in [0.1, 0.15) is 6.07 Å². The van der Waals surface area contributed by atoms with Gasteiger partial charge >= 0.3 is 0 Å². The van der Waals surface area contributed by atoms with Crippen LogP contribution in [0.4, 0.5) is 0 Å². The van der Waals surface area contributed by atoms with Crippen LogP contribution < -0.4 is 0 Å². The molecule has 0 aliphatic heterocycles. The summed E-state index contributed by atoms with van der Waals surface area (Å²) in [7, 11) is 0. The third kappa shape index (κ3) is 3.33. The van der Waals surface area contributed by atoms with Crippen LogP contribution in [-0.4, -0.2) is 4.57 Å². The molecule has 0 amide bonds. The van der Waals surface area contributed by atoms with Crippen LogP contribution in [0.2, 0.25) is 0 Å². The summed E-state index contributed by atoms with van der Waals surface area (Å²) in [5.41, 5.74) is 1.10. The minimum atomic E-state index is 0.358. The van der Waals surface area contributed by atoms with Crippen LogP contribution >= 0.6 is 0 Å². The molecule has 0 N–H and O–H groups in total. The van der Waals surface area contributed by atoms with Crippen LogP contribution in [0.25, 0.3) is 0 Å². The number of hydrogen-bond acceptors (Lipinski definition) is 1. The van der Waals surface area contributed by atoms with Crippen LogP contribution in [0.15, 0.2) is 18.5 Å². The Kier molecular flexibility index (Phi) is 2.77. The first-order valence-electron chi connectivity index (χ1n) is 4.57. The first-order valence-corrected chi connectivity index (χ1v) is 4.57. The highest BCUT2D eigenvalue weighted by molar-refractivity contribution is 5.25. The van der Waals surface area contributed by atoms with Crippen molar-refractivity contribution < 1.29 is 0 Å². The van der Waals surface area contributed by atoms with Gasteiger partial charge < -0.3 is 4.57 Å². The van der Waals surface area contributed by atoms with Gasteiger partial charge in [-0.1, -0.05) is 20.8 Å². The topological polar surface area (TPSA) is 28.7 Å². The second kappa shape index (κ2) is 3.66. The lowest BCUT2D eigenvalue weighted by molar-refractivity contribution is 0.350. The minimum absolute atomic E-state index is 0.358. The van der Waals surface area contributed by atoms with E-state index in [1.165, 1.54) is 0 Å². The molecule has 2 nitrogen and oxygen atoms in total. The van der Waals surface area contributed by atoms with Gasteiger partial charge in [-0.05, 0) is 17.9 Å². The average molecular weight is 176 g/mol. The van der Waals surface area contributed by atoms with Crippen LogP contribution in [0.5, 0.6) is 0 Å². The van der Waals surface area contributed by atoms with Crippen LogP contribution in [0, 0.1) is 16.7 Å². The van der Waals surface area contributed by atoms with Gasteiger partial charge in [0.2, 0.25) is 0 Å². The van der Waals surface area contributed by atoms with E-state index in [4.69, 9.17) is 5.26 Å². The molecule has 0 spiro atoms. The zero-order valence-electron chi connectivity index (χ0n) is 8.54. The van der Waals surface area contributed by atoms with E-state index in [0.29, 0.717) is 5.41 Å². The predicted molar refractivity (Wildman–Crippen MR) is 53.2 cm³/mol. The fourth-order valence-corrected chi connectivity index (χ4v) is 1.11. The van der Waals surface area contributed by atoms with E-state index >= 15 is 0 Å². The summed E-state index contributed by atoms with van der Waals surface area (Å²) < 4.78 is 2.07. The molecule has 13 heavy (non-hydrogen) atoms. The monoisotopic (exact) mass is 176 g/mol. The summed E-state index contributed by atoms with van der Waals surface area (Å²) in [5.74, 6) is 0. The highest BCUT2D eigenvalue weighted by Crippen LogP contribution is 2.19. The molecule has 0 unspecified atom stereocenters. The first kappa shape index (κ1) is 9.85. The van der Waals surface area contributed by atoms with Crippen molar-refractivity contribution in [3.63, 3.8) is 0 Å². The smallest absolute Gasteiger partial charge is 0.101 e. The van der Waals surface area contributed by atoms with Gasteiger partial charge in [-0.25, -0.2) is 0 Å². The van der Waals surface area contributed by atoms with E-state index in [9.17, 15) is 0 Å². The number of rotatable bonds is 2. The lowest BCUT2D eigenvalue weighted by Crippen LogP contribution is -2.09. The quantitative estimate of drug-likeness (QED) is 0.681. The molecule has 0 saturated heterocycles. The van der Waals surface area contributed by atoms with Gasteiger partial charge in [0, 0.05) is 18.9 Å². The van der Waals surface area contributed by atoms with E-state index in [-0.39, 0.29) is 0 Å². The summed E-state index contributed by atoms with van der Waals surface area (Å²) >= 11 is 0.